The van der Waals surface area contributed by atoms with Crippen molar-refractivity contribution in [3.8, 4) is 0 Å². The average Bonchev–Trinajstić information content (AvgIpc) is 1.97. The zero-order valence-electron chi connectivity index (χ0n) is 10.5. The molecule has 16 heavy (non-hydrogen) atoms. The first-order chi connectivity index (χ1) is 7.10. The number of rotatable bonds is 7. The van der Waals surface area contributed by atoms with E-state index in [1.54, 1.807) is 6.92 Å². The van der Waals surface area contributed by atoms with E-state index in [0.29, 0.717) is 19.8 Å². The van der Waals surface area contributed by atoms with Crippen LogP contribution in [-0.4, -0.2) is 39.6 Å². The highest BCUT2D eigenvalue weighted by molar-refractivity contribution is 7.89. The van der Waals surface area contributed by atoms with Crippen molar-refractivity contribution in [3.63, 3.8) is 0 Å². The summed E-state index contributed by atoms with van der Waals surface area (Å²) in [6, 6.07) is 0. The van der Waals surface area contributed by atoms with E-state index in [4.69, 9.17) is 14.6 Å². The Balaban J connectivity index is 3.53. The van der Waals surface area contributed by atoms with Gasteiger partial charge in [-0.15, -0.1) is 0 Å². The van der Waals surface area contributed by atoms with E-state index in [2.05, 4.69) is 0 Å². The molecule has 0 aliphatic heterocycles. The van der Waals surface area contributed by atoms with Crippen molar-refractivity contribution in [2.45, 2.75) is 33.3 Å². The fraction of sp³-hybridized carbons (Fsp3) is 1.00. The molecule has 2 N–H and O–H groups in total. The Hall–Kier alpha value is -0.170. The highest BCUT2D eigenvalue weighted by Gasteiger charge is 2.12. The van der Waals surface area contributed by atoms with Crippen molar-refractivity contribution in [1.82, 2.24) is 0 Å². The molecule has 0 radical (unpaired) electrons. The first-order valence-electron chi connectivity index (χ1n) is 5.32. The largest absolute Gasteiger partial charge is 0.379 e. The normalized spacial score (nSPS) is 15.1. The predicted molar refractivity (Wildman–Crippen MR) is 63.7 cm³/mol. The molecule has 0 amide bonds. The maximum Gasteiger partial charge on any atom is 0.209 e. The van der Waals surface area contributed by atoms with Crippen LogP contribution in [0.2, 0.25) is 0 Å². The molecule has 0 heterocycles. The van der Waals surface area contributed by atoms with Gasteiger partial charge in [-0.1, -0.05) is 6.92 Å². The van der Waals surface area contributed by atoms with Crippen LogP contribution in [-0.2, 0) is 19.5 Å². The molecule has 1 unspecified atom stereocenters. The molecule has 0 rings (SSSR count). The number of hydrogen-bond donors (Lipinski definition) is 1. The highest BCUT2D eigenvalue weighted by atomic mass is 32.2. The highest BCUT2D eigenvalue weighted by Crippen LogP contribution is 2.06. The molecule has 0 fully saturated rings. The first-order valence-corrected chi connectivity index (χ1v) is 7.04. The molecule has 0 aromatic carbocycles. The van der Waals surface area contributed by atoms with Crippen LogP contribution in [0.4, 0.5) is 0 Å². The summed E-state index contributed by atoms with van der Waals surface area (Å²) in [4.78, 5) is 0. The maximum absolute atomic E-state index is 10.8. The van der Waals surface area contributed by atoms with Crippen molar-refractivity contribution in [3.05, 3.63) is 0 Å². The second kappa shape index (κ2) is 6.54. The van der Waals surface area contributed by atoms with Gasteiger partial charge in [0.2, 0.25) is 10.0 Å². The Kier molecular flexibility index (Phi) is 6.47. The average molecular weight is 253 g/mol. The molecule has 0 spiro atoms. The summed E-state index contributed by atoms with van der Waals surface area (Å²) >= 11 is 0. The Morgan fingerprint density at radius 3 is 2.25 bits per heavy atom. The molecule has 6 heteroatoms. The summed E-state index contributed by atoms with van der Waals surface area (Å²) in [6.45, 7) is 9.04. The van der Waals surface area contributed by atoms with Gasteiger partial charge in [-0.25, -0.2) is 13.6 Å². The minimum atomic E-state index is -3.40. The van der Waals surface area contributed by atoms with Crippen LogP contribution in [0.1, 0.15) is 27.7 Å². The molecule has 0 aromatic heterocycles. The first kappa shape index (κ1) is 15.8. The fourth-order valence-corrected chi connectivity index (χ4v) is 2.03. The molecule has 0 aliphatic rings. The van der Waals surface area contributed by atoms with Crippen LogP contribution in [0.25, 0.3) is 0 Å². The predicted octanol–water partition coefficient (Wildman–Crippen LogP) is 0.743. The van der Waals surface area contributed by atoms with E-state index < -0.39 is 10.0 Å². The second-order valence-corrected chi connectivity index (χ2v) is 6.63. The van der Waals surface area contributed by atoms with Gasteiger partial charge in [-0.05, 0) is 26.7 Å². The van der Waals surface area contributed by atoms with Crippen molar-refractivity contribution < 1.29 is 17.9 Å². The van der Waals surface area contributed by atoms with Gasteiger partial charge in [-0.3, -0.25) is 0 Å². The molecular weight excluding hydrogens is 230 g/mol. The van der Waals surface area contributed by atoms with E-state index in [-0.39, 0.29) is 17.3 Å². The summed E-state index contributed by atoms with van der Waals surface area (Å²) in [6.07, 6.45) is 0. The van der Waals surface area contributed by atoms with Gasteiger partial charge in [-0.2, -0.15) is 0 Å². The number of sulfonamides is 1. The van der Waals surface area contributed by atoms with Crippen molar-refractivity contribution >= 4 is 10.0 Å². The van der Waals surface area contributed by atoms with Crippen LogP contribution in [0.15, 0.2) is 0 Å². The lowest BCUT2D eigenvalue weighted by Gasteiger charge is -2.19. The molecule has 0 bridgehead atoms. The van der Waals surface area contributed by atoms with Crippen molar-refractivity contribution in [1.29, 1.82) is 0 Å². The zero-order chi connectivity index (χ0) is 12.8. The number of ether oxygens (including phenoxy) is 2. The van der Waals surface area contributed by atoms with Crippen LogP contribution in [0.3, 0.4) is 0 Å². The lowest BCUT2D eigenvalue weighted by Crippen LogP contribution is -2.25. The van der Waals surface area contributed by atoms with E-state index in [1.807, 2.05) is 20.8 Å². The SMILES string of the molecule is CC(COCCOC(C)(C)C)CS(N)(=O)=O. The van der Waals surface area contributed by atoms with Crippen LogP contribution in [0, 0.1) is 5.92 Å². The smallest absolute Gasteiger partial charge is 0.209 e. The Bertz CT molecular complexity index is 282. The zero-order valence-corrected chi connectivity index (χ0v) is 11.3. The van der Waals surface area contributed by atoms with E-state index in [1.165, 1.54) is 0 Å². The topological polar surface area (TPSA) is 78.6 Å². The third kappa shape index (κ3) is 11.9. The van der Waals surface area contributed by atoms with Gasteiger partial charge in [0.1, 0.15) is 0 Å². The molecule has 0 saturated carbocycles. The Morgan fingerprint density at radius 2 is 1.81 bits per heavy atom. The lowest BCUT2D eigenvalue weighted by molar-refractivity contribution is -0.0377. The summed E-state index contributed by atoms with van der Waals surface area (Å²) in [5, 5.41) is 4.92. The number of hydrogen-bond acceptors (Lipinski definition) is 4. The standard InChI is InChI=1S/C10H23NO4S/c1-9(8-16(11,12)13)7-14-5-6-15-10(2,3)4/h9H,5-8H2,1-4H3,(H2,11,12,13). The summed E-state index contributed by atoms with van der Waals surface area (Å²) in [5.74, 6) is -0.141. The van der Waals surface area contributed by atoms with E-state index >= 15 is 0 Å². The van der Waals surface area contributed by atoms with Crippen molar-refractivity contribution in [2.24, 2.45) is 11.1 Å². The van der Waals surface area contributed by atoms with Gasteiger partial charge < -0.3 is 9.47 Å². The number of primary sulfonamides is 1. The molecular formula is C10H23NO4S. The quantitative estimate of drug-likeness (QED) is 0.679. The van der Waals surface area contributed by atoms with Gasteiger partial charge in [0.15, 0.2) is 0 Å². The minimum absolute atomic E-state index is 0.0485. The molecule has 98 valence electrons. The molecule has 0 aromatic rings. The van der Waals surface area contributed by atoms with Gasteiger partial charge >= 0.3 is 0 Å². The fourth-order valence-electron chi connectivity index (χ4n) is 1.14. The lowest BCUT2D eigenvalue weighted by atomic mass is 10.2. The Labute approximate surface area is 98.4 Å². The Morgan fingerprint density at radius 1 is 1.25 bits per heavy atom. The van der Waals surface area contributed by atoms with Crippen molar-refractivity contribution in [2.75, 3.05) is 25.6 Å². The van der Waals surface area contributed by atoms with Gasteiger partial charge in [0.25, 0.3) is 0 Å². The monoisotopic (exact) mass is 253 g/mol. The molecule has 0 saturated heterocycles. The second-order valence-electron chi connectivity index (χ2n) is 4.97. The summed E-state index contributed by atoms with van der Waals surface area (Å²) in [7, 11) is -3.40. The van der Waals surface area contributed by atoms with Gasteiger partial charge in [0.05, 0.1) is 31.2 Å². The van der Waals surface area contributed by atoms with Gasteiger partial charge in [0, 0.05) is 0 Å². The number of nitrogens with two attached hydrogens (primary N) is 1. The molecule has 0 aliphatic carbocycles. The van der Waals surface area contributed by atoms with Crippen LogP contribution < -0.4 is 5.14 Å². The third-order valence-corrected chi connectivity index (χ3v) is 2.72. The van der Waals surface area contributed by atoms with Crippen LogP contribution in [0.5, 0.6) is 0 Å². The summed E-state index contributed by atoms with van der Waals surface area (Å²) < 4.78 is 32.3. The third-order valence-electron chi connectivity index (χ3n) is 1.68. The summed E-state index contributed by atoms with van der Waals surface area (Å²) in [5.41, 5.74) is -0.171. The maximum atomic E-state index is 10.8. The van der Waals surface area contributed by atoms with Crippen LogP contribution >= 0.6 is 0 Å². The van der Waals surface area contributed by atoms with E-state index in [9.17, 15) is 8.42 Å². The van der Waals surface area contributed by atoms with E-state index in [0.717, 1.165) is 0 Å². The minimum Gasteiger partial charge on any atom is -0.379 e. The molecule has 5 nitrogen and oxygen atoms in total. The molecule has 1 atom stereocenters.